The molecular formula is C17H20Br4O4. The number of benzene rings is 1. The lowest BCUT2D eigenvalue weighted by molar-refractivity contribution is -0.132. The Balaban J connectivity index is 3.51. The minimum Gasteiger partial charge on any atom is -0.426 e. The molecule has 0 spiro atoms. The van der Waals surface area contributed by atoms with Gasteiger partial charge in [-0.2, -0.15) is 0 Å². The van der Waals surface area contributed by atoms with Crippen LogP contribution in [0.25, 0.3) is 0 Å². The molecule has 25 heavy (non-hydrogen) atoms. The highest BCUT2D eigenvalue weighted by Crippen LogP contribution is 2.38. The van der Waals surface area contributed by atoms with Crippen molar-refractivity contribution in [1.29, 1.82) is 0 Å². The van der Waals surface area contributed by atoms with Gasteiger partial charge < -0.3 is 9.47 Å². The fraction of sp³-hybridized carbons (Fsp3) is 0.529. The summed E-state index contributed by atoms with van der Waals surface area (Å²) >= 11 is 14.1. The van der Waals surface area contributed by atoms with Gasteiger partial charge in [-0.25, -0.2) is 0 Å². The van der Waals surface area contributed by atoms with E-state index in [9.17, 15) is 9.59 Å². The summed E-state index contributed by atoms with van der Waals surface area (Å²) < 4.78 is 10.9. The first-order chi connectivity index (χ1) is 11.7. The van der Waals surface area contributed by atoms with Crippen molar-refractivity contribution in [3.63, 3.8) is 0 Å². The Morgan fingerprint density at radius 2 is 1.28 bits per heavy atom. The van der Waals surface area contributed by atoms with E-state index in [1.54, 1.807) is 6.92 Å². The third-order valence-corrected chi connectivity index (χ3v) is 7.92. The monoisotopic (exact) mass is 604 g/mol. The maximum absolute atomic E-state index is 11.6. The third kappa shape index (κ3) is 7.31. The molecule has 0 bridgehead atoms. The second kappa shape index (κ2) is 11.0. The normalized spacial score (nSPS) is 13.2. The van der Waals surface area contributed by atoms with Gasteiger partial charge in [-0.05, 0) is 37.0 Å². The number of carbonyl (C=O) groups excluding carboxylic acids is 2. The SMILES string of the molecule is CC(=O)Oc1c(CC(Br)CBr)cc(CC(Br)CBr)c(OC(C)=O)c1C. The van der Waals surface area contributed by atoms with Gasteiger partial charge in [-0.15, -0.1) is 0 Å². The molecule has 140 valence electrons. The second-order valence-electron chi connectivity index (χ2n) is 5.58. The Bertz CT molecular complexity index is 583. The molecule has 0 saturated heterocycles. The van der Waals surface area contributed by atoms with E-state index < -0.39 is 11.9 Å². The molecule has 2 unspecified atom stereocenters. The Morgan fingerprint density at radius 1 is 0.920 bits per heavy atom. The first-order valence-corrected chi connectivity index (χ1v) is 11.7. The van der Waals surface area contributed by atoms with Crippen molar-refractivity contribution in [3.8, 4) is 11.5 Å². The molecular weight excluding hydrogens is 588 g/mol. The van der Waals surface area contributed by atoms with Gasteiger partial charge in [-0.1, -0.05) is 63.7 Å². The molecule has 1 aromatic carbocycles. The van der Waals surface area contributed by atoms with Gasteiger partial charge in [-0.3, -0.25) is 9.59 Å². The van der Waals surface area contributed by atoms with Crippen LogP contribution < -0.4 is 9.47 Å². The number of esters is 2. The highest BCUT2D eigenvalue weighted by molar-refractivity contribution is 9.12. The summed E-state index contributed by atoms with van der Waals surface area (Å²) in [6.07, 6.45) is 1.34. The summed E-state index contributed by atoms with van der Waals surface area (Å²) in [5.74, 6) is 0.107. The van der Waals surface area contributed by atoms with E-state index in [0.29, 0.717) is 29.9 Å². The lowest BCUT2D eigenvalue weighted by Crippen LogP contribution is -2.15. The molecule has 0 amide bonds. The van der Waals surface area contributed by atoms with Crippen LogP contribution in [0, 0.1) is 6.92 Å². The molecule has 0 aliphatic rings. The molecule has 8 heteroatoms. The van der Waals surface area contributed by atoms with Crippen LogP contribution in [-0.4, -0.2) is 32.3 Å². The van der Waals surface area contributed by atoms with Gasteiger partial charge in [0.25, 0.3) is 0 Å². The highest BCUT2D eigenvalue weighted by Gasteiger charge is 2.22. The molecule has 0 aliphatic heterocycles. The smallest absolute Gasteiger partial charge is 0.308 e. The minimum absolute atomic E-state index is 0.185. The minimum atomic E-state index is -0.408. The number of ether oxygens (including phenoxy) is 2. The van der Waals surface area contributed by atoms with Crippen molar-refractivity contribution in [2.45, 2.75) is 43.3 Å². The van der Waals surface area contributed by atoms with Crippen LogP contribution in [0.5, 0.6) is 11.5 Å². The average Bonchev–Trinajstić information content (AvgIpc) is 2.53. The maximum Gasteiger partial charge on any atom is 0.308 e. The molecule has 1 rings (SSSR count). The summed E-state index contributed by atoms with van der Waals surface area (Å²) in [5, 5.41) is 1.52. The van der Waals surface area contributed by atoms with Gasteiger partial charge in [0.15, 0.2) is 0 Å². The molecule has 0 radical (unpaired) electrons. The summed E-state index contributed by atoms with van der Waals surface area (Å²) in [4.78, 5) is 23.5. The quantitative estimate of drug-likeness (QED) is 0.230. The van der Waals surface area contributed by atoms with E-state index in [2.05, 4.69) is 63.7 Å². The third-order valence-electron chi connectivity index (χ3n) is 3.32. The summed E-state index contributed by atoms with van der Waals surface area (Å²) in [7, 11) is 0. The lowest BCUT2D eigenvalue weighted by atomic mass is 9.97. The molecule has 0 aromatic heterocycles. The number of carbonyl (C=O) groups is 2. The molecule has 0 heterocycles. The Labute approximate surface area is 181 Å². The molecule has 2 atom stereocenters. The lowest BCUT2D eigenvalue weighted by Gasteiger charge is -2.21. The van der Waals surface area contributed by atoms with Crippen molar-refractivity contribution in [2.75, 3.05) is 10.7 Å². The van der Waals surface area contributed by atoms with Crippen LogP contribution in [0.1, 0.15) is 30.5 Å². The van der Waals surface area contributed by atoms with Crippen molar-refractivity contribution in [3.05, 3.63) is 22.8 Å². The topological polar surface area (TPSA) is 52.6 Å². The van der Waals surface area contributed by atoms with E-state index in [-0.39, 0.29) is 9.65 Å². The van der Waals surface area contributed by atoms with Crippen molar-refractivity contribution < 1.29 is 19.1 Å². The zero-order valence-electron chi connectivity index (χ0n) is 14.2. The zero-order valence-corrected chi connectivity index (χ0v) is 20.5. The molecule has 1 aromatic rings. The second-order valence-corrected chi connectivity index (χ2v) is 9.46. The average molecular weight is 608 g/mol. The van der Waals surface area contributed by atoms with Crippen molar-refractivity contribution in [1.82, 2.24) is 0 Å². The predicted octanol–water partition coefficient (Wildman–Crippen LogP) is 5.25. The van der Waals surface area contributed by atoms with E-state index in [4.69, 9.17) is 9.47 Å². The first kappa shape index (κ1) is 23.1. The number of hydrogen-bond acceptors (Lipinski definition) is 4. The summed E-state index contributed by atoms with van der Waals surface area (Å²) in [6.45, 7) is 4.52. The standard InChI is InChI=1S/C17H20Br4O4/c1-9-16(24-10(2)22)12(5-14(20)7-18)4-13(6-15(21)8-19)17(9)25-11(3)23/h4,14-15H,5-8H2,1-3H3. The zero-order chi connectivity index (χ0) is 19.1. The largest absolute Gasteiger partial charge is 0.426 e. The predicted molar refractivity (Wildman–Crippen MR) is 114 cm³/mol. The van der Waals surface area contributed by atoms with Crippen LogP contribution in [0.2, 0.25) is 0 Å². The maximum atomic E-state index is 11.6. The van der Waals surface area contributed by atoms with Crippen LogP contribution in [-0.2, 0) is 22.4 Å². The van der Waals surface area contributed by atoms with Gasteiger partial charge >= 0.3 is 11.9 Å². The van der Waals surface area contributed by atoms with E-state index in [1.807, 2.05) is 6.07 Å². The fourth-order valence-corrected chi connectivity index (χ4v) is 3.54. The Hall–Kier alpha value is 0.0800. The van der Waals surface area contributed by atoms with Crippen molar-refractivity contribution >= 4 is 75.7 Å². The Kier molecular flexibility index (Phi) is 10.2. The number of alkyl halides is 4. The van der Waals surface area contributed by atoms with Crippen LogP contribution >= 0.6 is 63.7 Å². The number of hydrogen-bond donors (Lipinski definition) is 0. The van der Waals surface area contributed by atoms with Crippen molar-refractivity contribution in [2.24, 2.45) is 0 Å². The van der Waals surface area contributed by atoms with Gasteiger partial charge in [0.05, 0.1) is 0 Å². The Morgan fingerprint density at radius 3 is 1.56 bits per heavy atom. The van der Waals surface area contributed by atoms with Crippen LogP contribution in [0.3, 0.4) is 0 Å². The van der Waals surface area contributed by atoms with Gasteiger partial charge in [0.1, 0.15) is 11.5 Å². The van der Waals surface area contributed by atoms with Crippen LogP contribution in [0.15, 0.2) is 6.07 Å². The summed E-state index contributed by atoms with van der Waals surface area (Å²) in [6, 6.07) is 1.96. The van der Waals surface area contributed by atoms with Crippen LogP contribution in [0.4, 0.5) is 0 Å². The van der Waals surface area contributed by atoms with E-state index >= 15 is 0 Å². The van der Waals surface area contributed by atoms with Gasteiger partial charge in [0.2, 0.25) is 0 Å². The molecule has 0 fully saturated rings. The van der Waals surface area contributed by atoms with Gasteiger partial charge in [0, 0.05) is 39.7 Å². The summed E-state index contributed by atoms with van der Waals surface area (Å²) in [5.41, 5.74) is 2.45. The number of halogens is 4. The first-order valence-electron chi connectivity index (χ1n) is 7.61. The molecule has 0 saturated carbocycles. The van der Waals surface area contributed by atoms with E-state index in [0.717, 1.165) is 21.8 Å². The van der Waals surface area contributed by atoms with E-state index in [1.165, 1.54) is 13.8 Å². The molecule has 0 aliphatic carbocycles. The molecule has 4 nitrogen and oxygen atoms in total. The number of rotatable bonds is 8. The fourth-order valence-electron chi connectivity index (χ4n) is 2.39. The highest BCUT2D eigenvalue weighted by atomic mass is 79.9. The molecule has 0 N–H and O–H groups in total.